The fourth-order valence-corrected chi connectivity index (χ4v) is 2.77. The van der Waals surface area contributed by atoms with Gasteiger partial charge in [-0.2, -0.15) is 0 Å². The lowest BCUT2D eigenvalue weighted by Crippen LogP contribution is -2.39. The standard InChI is InChI=1S/C19H19Cl2N3O5.BrH/c1-3-10(2)17(22)19(26)29-16-9-15(24(27)28)13(21)8-11(16)18(25)23-14-7-5-4-6-12(14)20;/h4-10,17H,3,22H2,1-2H3,(H,23,25);1H/t10-,17-;/m0./s1. The molecule has 0 aliphatic heterocycles. The summed E-state index contributed by atoms with van der Waals surface area (Å²) in [6.45, 7) is 3.62. The highest BCUT2D eigenvalue weighted by Gasteiger charge is 2.27. The number of nitrogens with one attached hydrogen (secondary N) is 1. The number of nitrogens with zero attached hydrogens (tertiary/aromatic N) is 1. The van der Waals surface area contributed by atoms with Gasteiger partial charge in [-0.15, -0.1) is 17.0 Å². The Balaban J connectivity index is 0.00000450. The number of hydrogen-bond donors (Lipinski definition) is 2. The smallest absolute Gasteiger partial charge is 0.328 e. The topological polar surface area (TPSA) is 125 Å². The number of anilines is 1. The van der Waals surface area contributed by atoms with E-state index in [2.05, 4.69) is 5.32 Å². The van der Waals surface area contributed by atoms with Crippen LogP contribution in [0, 0.1) is 16.0 Å². The van der Waals surface area contributed by atoms with E-state index in [4.69, 9.17) is 33.7 Å². The van der Waals surface area contributed by atoms with Gasteiger partial charge in [-0.3, -0.25) is 14.9 Å². The van der Waals surface area contributed by atoms with Crippen molar-refractivity contribution in [2.45, 2.75) is 26.3 Å². The van der Waals surface area contributed by atoms with Crippen molar-refractivity contribution in [2.24, 2.45) is 11.7 Å². The van der Waals surface area contributed by atoms with Crippen LogP contribution in [0.1, 0.15) is 30.6 Å². The fourth-order valence-electron chi connectivity index (χ4n) is 2.36. The Hall–Kier alpha value is -2.20. The largest absolute Gasteiger partial charge is 0.424 e. The second-order valence-corrected chi connectivity index (χ2v) is 7.14. The number of rotatable bonds is 7. The van der Waals surface area contributed by atoms with Crippen molar-refractivity contribution in [2.75, 3.05) is 5.32 Å². The molecule has 162 valence electrons. The van der Waals surface area contributed by atoms with Crippen molar-refractivity contribution in [3.8, 4) is 5.75 Å². The minimum absolute atomic E-state index is 0. The van der Waals surface area contributed by atoms with E-state index in [1.165, 1.54) is 0 Å². The first kappa shape index (κ1) is 25.8. The summed E-state index contributed by atoms with van der Waals surface area (Å²) in [6.07, 6.45) is 0.622. The van der Waals surface area contributed by atoms with Crippen LogP contribution in [0.2, 0.25) is 10.0 Å². The van der Waals surface area contributed by atoms with Gasteiger partial charge in [0.25, 0.3) is 11.6 Å². The third kappa shape index (κ3) is 6.15. The number of amides is 1. The van der Waals surface area contributed by atoms with Gasteiger partial charge in [-0.05, 0) is 24.1 Å². The maximum Gasteiger partial charge on any atom is 0.328 e. The average Bonchev–Trinajstić information content (AvgIpc) is 2.69. The van der Waals surface area contributed by atoms with Gasteiger partial charge in [0, 0.05) is 0 Å². The Kier molecular flexibility index (Phi) is 9.70. The van der Waals surface area contributed by atoms with Gasteiger partial charge < -0.3 is 15.8 Å². The Morgan fingerprint density at radius 3 is 2.43 bits per heavy atom. The molecule has 2 aromatic carbocycles. The number of nitro benzene ring substituents is 1. The van der Waals surface area contributed by atoms with E-state index in [0.29, 0.717) is 12.1 Å². The van der Waals surface area contributed by atoms with Crippen molar-refractivity contribution in [1.29, 1.82) is 0 Å². The summed E-state index contributed by atoms with van der Waals surface area (Å²) in [6, 6.07) is 7.51. The van der Waals surface area contributed by atoms with Crippen molar-refractivity contribution in [3.05, 3.63) is 62.1 Å². The molecule has 0 aromatic heterocycles. The van der Waals surface area contributed by atoms with Crippen molar-refractivity contribution in [1.82, 2.24) is 0 Å². The quantitative estimate of drug-likeness (QED) is 0.229. The molecule has 0 radical (unpaired) electrons. The van der Waals surface area contributed by atoms with Gasteiger partial charge in [-0.25, -0.2) is 4.79 Å². The van der Waals surface area contributed by atoms with Crippen LogP contribution in [0.15, 0.2) is 36.4 Å². The van der Waals surface area contributed by atoms with Gasteiger partial charge in [-0.1, -0.05) is 55.6 Å². The Labute approximate surface area is 193 Å². The molecule has 0 saturated carbocycles. The highest BCUT2D eigenvalue weighted by molar-refractivity contribution is 8.93. The molecule has 0 bridgehead atoms. The van der Waals surface area contributed by atoms with Gasteiger partial charge in [0.05, 0.1) is 27.3 Å². The molecule has 0 spiro atoms. The molecule has 0 fully saturated rings. The van der Waals surface area contributed by atoms with Crippen molar-refractivity contribution in [3.63, 3.8) is 0 Å². The fraction of sp³-hybridized carbons (Fsp3) is 0.263. The molecule has 3 N–H and O–H groups in total. The lowest BCUT2D eigenvalue weighted by Gasteiger charge is -2.18. The molecule has 2 rings (SSSR count). The molecule has 0 aliphatic carbocycles. The maximum atomic E-state index is 12.7. The van der Waals surface area contributed by atoms with Crippen molar-refractivity contribution >= 4 is 63.4 Å². The Bertz CT molecular complexity index is 958. The first-order chi connectivity index (χ1) is 13.6. The summed E-state index contributed by atoms with van der Waals surface area (Å²) in [5, 5.41) is 13.8. The molecule has 0 heterocycles. The highest BCUT2D eigenvalue weighted by Crippen LogP contribution is 2.34. The number of hydrogen-bond acceptors (Lipinski definition) is 6. The molecule has 0 aliphatic rings. The lowest BCUT2D eigenvalue weighted by molar-refractivity contribution is -0.384. The molecule has 2 aromatic rings. The van der Waals surface area contributed by atoms with E-state index in [1.807, 2.05) is 6.92 Å². The first-order valence-electron chi connectivity index (χ1n) is 8.66. The summed E-state index contributed by atoms with van der Waals surface area (Å²) in [7, 11) is 0. The summed E-state index contributed by atoms with van der Waals surface area (Å²) in [5.74, 6) is -2.04. The first-order valence-corrected chi connectivity index (χ1v) is 9.42. The molecule has 1 amide bonds. The van der Waals surface area contributed by atoms with Crippen LogP contribution in [0.25, 0.3) is 0 Å². The predicted octanol–water partition coefficient (Wildman–Crippen LogP) is 5.01. The normalized spacial score (nSPS) is 12.3. The van der Waals surface area contributed by atoms with Gasteiger partial charge in [0.15, 0.2) is 5.75 Å². The van der Waals surface area contributed by atoms with E-state index >= 15 is 0 Å². The molecule has 0 saturated heterocycles. The zero-order chi connectivity index (χ0) is 21.7. The van der Waals surface area contributed by atoms with Crippen LogP contribution >= 0.6 is 40.2 Å². The molecular weight excluding hydrogens is 501 g/mol. The lowest BCUT2D eigenvalue weighted by atomic mass is 10.0. The summed E-state index contributed by atoms with van der Waals surface area (Å²) >= 11 is 12.0. The second kappa shape index (κ2) is 11.3. The number of nitrogens with two attached hydrogens (primary N) is 1. The Morgan fingerprint density at radius 1 is 1.23 bits per heavy atom. The van der Waals surface area contributed by atoms with E-state index in [0.717, 1.165) is 12.1 Å². The third-order valence-electron chi connectivity index (χ3n) is 4.35. The molecule has 30 heavy (non-hydrogen) atoms. The van der Waals surface area contributed by atoms with Crippen molar-refractivity contribution < 1.29 is 19.2 Å². The number of benzene rings is 2. The monoisotopic (exact) mass is 519 g/mol. The molecule has 8 nitrogen and oxygen atoms in total. The summed E-state index contributed by atoms with van der Waals surface area (Å²) in [4.78, 5) is 35.6. The molecular formula is C19H20BrCl2N3O5. The van der Waals surface area contributed by atoms with Gasteiger partial charge in [0.1, 0.15) is 11.1 Å². The van der Waals surface area contributed by atoms with Crippen LogP contribution in [0.5, 0.6) is 5.75 Å². The van der Waals surface area contributed by atoms with Crippen LogP contribution in [0.4, 0.5) is 11.4 Å². The minimum atomic E-state index is -0.964. The van der Waals surface area contributed by atoms with Crippen LogP contribution in [0.3, 0.4) is 0 Å². The number of esters is 1. The number of carbonyl (C=O) groups excluding carboxylic acids is 2. The molecule has 0 unspecified atom stereocenters. The number of carbonyl (C=O) groups is 2. The third-order valence-corrected chi connectivity index (χ3v) is 4.98. The van der Waals surface area contributed by atoms with E-state index in [1.54, 1.807) is 31.2 Å². The SMILES string of the molecule is Br.CC[C@H](C)[C@H](N)C(=O)Oc1cc([N+](=O)[O-])c(Cl)cc1C(=O)Nc1ccccc1Cl. The predicted molar refractivity (Wildman–Crippen MR) is 121 cm³/mol. The zero-order valence-corrected chi connectivity index (χ0v) is 19.3. The Morgan fingerprint density at radius 2 is 1.87 bits per heavy atom. The zero-order valence-electron chi connectivity index (χ0n) is 16.1. The maximum absolute atomic E-state index is 12.7. The van der Waals surface area contributed by atoms with E-state index in [-0.39, 0.29) is 44.3 Å². The van der Waals surface area contributed by atoms with E-state index in [9.17, 15) is 19.7 Å². The van der Waals surface area contributed by atoms with Crippen LogP contribution in [-0.2, 0) is 4.79 Å². The van der Waals surface area contributed by atoms with Gasteiger partial charge >= 0.3 is 5.97 Å². The number of nitro groups is 1. The number of halogens is 3. The van der Waals surface area contributed by atoms with Crippen LogP contribution < -0.4 is 15.8 Å². The summed E-state index contributed by atoms with van der Waals surface area (Å²) in [5.41, 5.74) is 5.48. The second-order valence-electron chi connectivity index (χ2n) is 6.32. The van der Waals surface area contributed by atoms with Gasteiger partial charge in [0.2, 0.25) is 0 Å². The number of para-hydroxylation sites is 1. The van der Waals surface area contributed by atoms with Crippen LogP contribution in [-0.4, -0.2) is 22.8 Å². The molecule has 2 atom stereocenters. The molecule has 11 heteroatoms. The minimum Gasteiger partial charge on any atom is -0.424 e. The highest BCUT2D eigenvalue weighted by atomic mass is 79.9. The average molecular weight is 521 g/mol. The van der Waals surface area contributed by atoms with E-state index < -0.39 is 28.5 Å². The summed E-state index contributed by atoms with van der Waals surface area (Å²) < 4.78 is 5.24. The number of ether oxygens (including phenoxy) is 1.